The van der Waals surface area contributed by atoms with Crippen LogP contribution in [0, 0.1) is 17.2 Å². The number of hydrogen-bond donors (Lipinski definition) is 3. The number of carbonyl (C=O) groups is 3. The van der Waals surface area contributed by atoms with Crippen molar-refractivity contribution >= 4 is 63.3 Å². The summed E-state index contributed by atoms with van der Waals surface area (Å²) >= 11 is 2.86. The molecule has 0 saturated heterocycles. The van der Waals surface area contributed by atoms with E-state index in [1.54, 1.807) is 42.5 Å². The number of anilines is 3. The van der Waals surface area contributed by atoms with E-state index in [4.69, 9.17) is 0 Å². The summed E-state index contributed by atoms with van der Waals surface area (Å²) in [7, 11) is 3.90. The molecule has 1 aliphatic rings. The van der Waals surface area contributed by atoms with E-state index < -0.39 is 17.1 Å². The molecule has 52 heavy (non-hydrogen) atoms. The third kappa shape index (κ3) is 8.80. The maximum atomic E-state index is 14.0. The number of fused-ring (bicyclic) bond motifs is 1. The fourth-order valence-corrected chi connectivity index (χ4v) is 8.44. The van der Waals surface area contributed by atoms with Crippen LogP contribution in [-0.2, 0) is 22.4 Å². The summed E-state index contributed by atoms with van der Waals surface area (Å²) in [5.74, 6) is -0.597. The van der Waals surface area contributed by atoms with Gasteiger partial charge in [0.25, 0.3) is 11.8 Å². The van der Waals surface area contributed by atoms with Crippen LogP contribution in [-0.4, -0.2) is 31.8 Å². The zero-order valence-electron chi connectivity index (χ0n) is 29.2. The number of thioether (sulfide) groups is 1. The van der Waals surface area contributed by atoms with Gasteiger partial charge < -0.3 is 20.9 Å². The Bertz CT molecular complexity index is 2140. The number of carbonyl (C=O) groups excluding carboxylic acids is 3. The molecule has 4 aromatic carbocycles. The van der Waals surface area contributed by atoms with Gasteiger partial charge in [-0.1, -0.05) is 73.7 Å². The van der Waals surface area contributed by atoms with Crippen molar-refractivity contribution in [3.8, 4) is 6.07 Å². The number of benzene rings is 4. The Hall–Kier alpha value is -5.63. The summed E-state index contributed by atoms with van der Waals surface area (Å²) in [5, 5.41) is 18.8. The minimum Gasteiger partial charge on any atom is -0.378 e. The lowest BCUT2D eigenvalue weighted by molar-refractivity contribution is -0.116. The molecule has 2 atom stereocenters. The van der Waals surface area contributed by atoms with Crippen molar-refractivity contribution in [2.24, 2.45) is 5.92 Å². The second-order valence-corrected chi connectivity index (χ2v) is 15.2. The molecule has 1 aromatic heterocycles. The minimum atomic E-state index is -0.637. The molecule has 5 aromatic rings. The number of thiophene rings is 1. The predicted octanol–water partition coefficient (Wildman–Crippen LogP) is 8.69. The Morgan fingerprint density at radius 1 is 0.923 bits per heavy atom. The van der Waals surface area contributed by atoms with Crippen LogP contribution in [0.1, 0.15) is 56.1 Å². The van der Waals surface area contributed by atoms with E-state index in [2.05, 4.69) is 28.9 Å². The van der Waals surface area contributed by atoms with Crippen LogP contribution in [0.15, 0.2) is 120 Å². The van der Waals surface area contributed by atoms with Gasteiger partial charge in [0.1, 0.15) is 22.0 Å². The van der Waals surface area contributed by atoms with Crippen LogP contribution < -0.4 is 20.9 Å². The molecule has 0 radical (unpaired) electrons. The van der Waals surface area contributed by atoms with Crippen molar-refractivity contribution in [3.63, 3.8) is 0 Å². The van der Waals surface area contributed by atoms with Crippen molar-refractivity contribution in [1.29, 1.82) is 5.26 Å². The fourth-order valence-electron chi connectivity index (χ4n) is 5.99. The highest BCUT2D eigenvalue weighted by Gasteiger charge is 2.28. The monoisotopic (exact) mass is 725 g/mol. The molecule has 0 fully saturated rings. The van der Waals surface area contributed by atoms with Gasteiger partial charge in [0, 0.05) is 40.8 Å². The highest BCUT2D eigenvalue weighted by atomic mass is 32.2. The van der Waals surface area contributed by atoms with Gasteiger partial charge in [0.15, 0.2) is 0 Å². The highest BCUT2D eigenvalue weighted by Crippen LogP contribution is 2.42. The van der Waals surface area contributed by atoms with E-state index in [1.807, 2.05) is 91.8 Å². The largest absolute Gasteiger partial charge is 0.378 e. The molecule has 8 nitrogen and oxygen atoms in total. The van der Waals surface area contributed by atoms with E-state index in [-0.39, 0.29) is 11.6 Å². The first kappa shape index (κ1) is 36.2. The summed E-state index contributed by atoms with van der Waals surface area (Å²) in [5.41, 5.74) is 5.18. The van der Waals surface area contributed by atoms with E-state index in [9.17, 15) is 19.6 Å². The van der Waals surface area contributed by atoms with Crippen molar-refractivity contribution in [2.45, 2.75) is 36.3 Å². The number of nitrogens with one attached hydrogen (secondary N) is 3. The summed E-state index contributed by atoms with van der Waals surface area (Å²) in [6.45, 7) is 2.22. The molecule has 0 spiro atoms. The van der Waals surface area contributed by atoms with Crippen LogP contribution in [0.25, 0.3) is 6.08 Å². The minimum absolute atomic E-state index is 0.0763. The molecule has 1 aliphatic carbocycles. The highest BCUT2D eigenvalue weighted by molar-refractivity contribution is 8.00. The first-order valence-electron chi connectivity index (χ1n) is 17.0. The third-order valence-electron chi connectivity index (χ3n) is 8.80. The number of rotatable bonds is 11. The SMILES string of the molecule is CC1CCc2c(sc(NC(=O)C(Sc3cccc(NC(=O)/C(=C\c4ccc(N(C)C)cc4)NC(=O)c4ccccc4)c3)c3ccccc3)c2C#N)C1. The average molecular weight is 726 g/mol. The summed E-state index contributed by atoms with van der Waals surface area (Å²) < 4.78 is 0. The second-order valence-electron chi connectivity index (χ2n) is 12.9. The molecule has 6 rings (SSSR count). The number of nitrogens with zero attached hydrogens (tertiary/aromatic N) is 2. The van der Waals surface area contributed by atoms with Crippen LogP contribution >= 0.6 is 23.1 Å². The van der Waals surface area contributed by atoms with Crippen molar-refractivity contribution in [1.82, 2.24) is 5.32 Å². The van der Waals surface area contributed by atoms with Crippen molar-refractivity contribution < 1.29 is 14.4 Å². The first-order valence-corrected chi connectivity index (χ1v) is 18.7. The molecule has 0 bridgehead atoms. The van der Waals surface area contributed by atoms with Crippen LogP contribution in [0.5, 0.6) is 0 Å². The smallest absolute Gasteiger partial charge is 0.272 e. The Kier molecular flexibility index (Phi) is 11.5. The van der Waals surface area contributed by atoms with Gasteiger partial charge in [-0.05, 0) is 90.4 Å². The van der Waals surface area contributed by atoms with E-state index in [0.717, 1.165) is 46.5 Å². The van der Waals surface area contributed by atoms with Gasteiger partial charge in [-0.15, -0.1) is 23.1 Å². The van der Waals surface area contributed by atoms with Crippen LogP contribution in [0.4, 0.5) is 16.4 Å². The maximum absolute atomic E-state index is 14.0. The van der Waals surface area contributed by atoms with Crippen molar-refractivity contribution in [2.75, 3.05) is 29.6 Å². The zero-order chi connectivity index (χ0) is 36.6. The number of amides is 3. The lowest BCUT2D eigenvalue weighted by Crippen LogP contribution is -2.30. The van der Waals surface area contributed by atoms with Crippen molar-refractivity contribution in [3.05, 3.63) is 148 Å². The predicted molar refractivity (Wildman–Crippen MR) is 212 cm³/mol. The normalized spacial score (nSPS) is 14.3. The standard InChI is InChI=1S/C42H39N5O3S2/c1-27-17-22-34-35(26-43)42(52-37(34)23-27)46-41(50)38(29-11-6-4-7-12-29)51-33-16-10-15-31(25-33)44-40(49)36(45-39(48)30-13-8-5-9-14-30)24-28-18-20-32(21-19-28)47(2)3/h4-16,18-21,24-25,27,38H,17,22-23H2,1-3H3,(H,44,49)(H,45,48)(H,46,50)/b36-24+. The Morgan fingerprint density at radius 2 is 1.63 bits per heavy atom. The number of nitriles is 1. The van der Waals surface area contributed by atoms with Gasteiger partial charge in [-0.25, -0.2) is 0 Å². The Morgan fingerprint density at radius 3 is 2.33 bits per heavy atom. The maximum Gasteiger partial charge on any atom is 0.272 e. The molecule has 0 aliphatic heterocycles. The number of hydrogen-bond acceptors (Lipinski definition) is 7. The molecule has 3 amide bonds. The zero-order valence-corrected chi connectivity index (χ0v) is 30.8. The average Bonchev–Trinajstić information content (AvgIpc) is 3.50. The quantitative estimate of drug-likeness (QED) is 0.0928. The summed E-state index contributed by atoms with van der Waals surface area (Å²) in [4.78, 5) is 44.9. The lowest BCUT2D eigenvalue weighted by Gasteiger charge is -2.18. The molecule has 262 valence electrons. The lowest BCUT2D eigenvalue weighted by atomic mass is 9.88. The Balaban J connectivity index is 1.24. The van der Waals surface area contributed by atoms with Gasteiger partial charge in [-0.2, -0.15) is 5.26 Å². The molecule has 2 unspecified atom stereocenters. The van der Waals surface area contributed by atoms with E-state index in [0.29, 0.717) is 27.7 Å². The first-order chi connectivity index (χ1) is 25.2. The van der Waals surface area contributed by atoms with Gasteiger partial charge in [-0.3, -0.25) is 14.4 Å². The molecule has 10 heteroatoms. The van der Waals surface area contributed by atoms with Gasteiger partial charge in [0.2, 0.25) is 5.91 Å². The molecule has 3 N–H and O–H groups in total. The topological polar surface area (TPSA) is 114 Å². The van der Waals surface area contributed by atoms with Gasteiger partial charge >= 0.3 is 0 Å². The molecule has 0 saturated carbocycles. The Labute approximate surface area is 312 Å². The molecular formula is C42H39N5O3S2. The van der Waals surface area contributed by atoms with E-state index >= 15 is 0 Å². The van der Waals surface area contributed by atoms with Crippen LogP contribution in [0.2, 0.25) is 0 Å². The van der Waals surface area contributed by atoms with Gasteiger partial charge in [0.05, 0.1) is 5.56 Å². The second kappa shape index (κ2) is 16.6. The van der Waals surface area contributed by atoms with E-state index in [1.165, 1.54) is 28.0 Å². The summed E-state index contributed by atoms with van der Waals surface area (Å²) in [6, 6.07) is 35.5. The molecular weight excluding hydrogens is 687 g/mol. The summed E-state index contributed by atoms with van der Waals surface area (Å²) in [6.07, 6.45) is 4.43. The third-order valence-corrected chi connectivity index (χ3v) is 11.2. The van der Waals surface area contributed by atoms with Crippen LogP contribution in [0.3, 0.4) is 0 Å². The molecule has 1 heterocycles. The fraction of sp³-hybridized carbons (Fsp3) is 0.190.